The zero-order valence-corrected chi connectivity index (χ0v) is 9.96. The van der Waals surface area contributed by atoms with E-state index in [2.05, 4.69) is 47.1 Å². The van der Waals surface area contributed by atoms with E-state index >= 15 is 0 Å². The Balaban J connectivity index is 2.22. The molecule has 1 nitrogen and oxygen atoms in total. The van der Waals surface area contributed by atoms with E-state index in [0.29, 0.717) is 4.83 Å². The van der Waals surface area contributed by atoms with E-state index in [0.717, 1.165) is 19.4 Å². The molecule has 0 spiro atoms. The molecule has 1 aliphatic heterocycles. The molecule has 0 bridgehead atoms. The van der Waals surface area contributed by atoms with Gasteiger partial charge in [-0.1, -0.05) is 47.1 Å². The Morgan fingerprint density at radius 2 is 2.29 bits per heavy atom. The van der Waals surface area contributed by atoms with Crippen LogP contribution in [0.15, 0.2) is 24.3 Å². The van der Waals surface area contributed by atoms with Gasteiger partial charge < -0.3 is 4.74 Å². The summed E-state index contributed by atoms with van der Waals surface area (Å²) in [6.07, 6.45) is 2.40. The lowest BCUT2D eigenvalue weighted by atomic mass is 9.95. The van der Waals surface area contributed by atoms with Crippen LogP contribution in [0.25, 0.3) is 0 Å². The van der Waals surface area contributed by atoms with Gasteiger partial charge >= 0.3 is 0 Å². The number of ether oxygens (including phenoxy) is 1. The summed E-state index contributed by atoms with van der Waals surface area (Å²) in [5, 5.41) is 0. The molecule has 14 heavy (non-hydrogen) atoms. The van der Waals surface area contributed by atoms with Crippen LogP contribution in [0.3, 0.4) is 0 Å². The van der Waals surface area contributed by atoms with Crippen molar-refractivity contribution in [3.63, 3.8) is 0 Å². The molecule has 0 saturated heterocycles. The van der Waals surface area contributed by atoms with Crippen molar-refractivity contribution >= 4 is 15.9 Å². The lowest BCUT2D eigenvalue weighted by Gasteiger charge is -2.26. The van der Waals surface area contributed by atoms with Crippen LogP contribution in [0, 0.1) is 0 Å². The third kappa shape index (κ3) is 2.18. The first-order valence-corrected chi connectivity index (χ1v) is 6.02. The molecule has 2 rings (SSSR count). The Morgan fingerprint density at radius 3 is 3.07 bits per heavy atom. The molecular weight excluding hydrogens is 240 g/mol. The maximum Gasteiger partial charge on any atom is 0.0838 e. The first kappa shape index (κ1) is 10.2. The van der Waals surface area contributed by atoms with Crippen molar-refractivity contribution in [2.75, 3.05) is 6.61 Å². The number of hydrogen-bond donors (Lipinski definition) is 0. The predicted octanol–water partition coefficient (Wildman–Crippen LogP) is 3.47. The van der Waals surface area contributed by atoms with Gasteiger partial charge in [0.15, 0.2) is 0 Å². The molecule has 1 aromatic carbocycles. The highest BCUT2D eigenvalue weighted by atomic mass is 79.9. The molecular formula is C12H15BrO. The highest BCUT2D eigenvalue weighted by molar-refractivity contribution is 9.09. The highest BCUT2D eigenvalue weighted by Crippen LogP contribution is 2.31. The van der Waals surface area contributed by atoms with Crippen molar-refractivity contribution in [1.82, 2.24) is 0 Å². The Morgan fingerprint density at radius 1 is 1.50 bits per heavy atom. The summed E-state index contributed by atoms with van der Waals surface area (Å²) < 4.78 is 5.79. The van der Waals surface area contributed by atoms with Gasteiger partial charge in [0, 0.05) is 4.83 Å². The van der Waals surface area contributed by atoms with Gasteiger partial charge in [-0.25, -0.2) is 0 Å². The van der Waals surface area contributed by atoms with Crippen molar-refractivity contribution in [3.8, 4) is 0 Å². The number of halogens is 1. The molecule has 2 heteroatoms. The molecule has 0 amide bonds. The third-order valence-corrected chi connectivity index (χ3v) is 3.01. The molecule has 0 N–H and O–H groups in total. The van der Waals surface area contributed by atoms with E-state index in [1.54, 1.807) is 0 Å². The van der Waals surface area contributed by atoms with Gasteiger partial charge in [0.05, 0.1) is 12.7 Å². The molecule has 0 fully saturated rings. The SMILES string of the molecule is CC(Br)CC1OCCc2ccccc21. The van der Waals surface area contributed by atoms with Gasteiger partial charge in [0.1, 0.15) is 0 Å². The largest absolute Gasteiger partial charge is 0.373 e. The minimum atomic E-state index is 0.286. The molecule has 76 valence electrons. The number of rotatable bonds is 2. The fourth-order valence-corrected chi connectivity index (χ4v) is 2.31. The van der Waals surface area contributed by atoms with Crippen molar-refractivity contribution < 1.29 is 4.74 Å². The van der Waals surface area contributed by atoms with Crippen molar-refractivity contribution in [1.29, 1.82) is 0 Å². The Bertz CT molecular complexity index is 309. The smallest absolute Gasteiger partial charge is 0.0838 e. The number of fused-ring (bicyclic) bond motifs is 1. The molecule has 0 aliphatic carbocycles. The number of benzene rings is 1. The summed E-state index contributed by atoms with van der Waals surface area (Å²) in [6, 6.07) is 8.61. The molecule has 1 heterocycles. The fraction of sp³-hybridized carbons (Fsp3) is 0.500. The number of hydrogen-bond acceptors (Lipinski definition) is 1. The monoisotopic (exact) mass is 254 g/mol. The van der Waals surface area contributed by atoms with Crippen LogP contribution in [0.4, 0.5) is 0 Å². The van der Waals surface area contributed by atoms with Crippen molar-refractivity contribution in [3.05, 3.63) is 35.4 Å². The first-order valence-electron chi connectivity index (χ1n) is 5.11. The van der Waals surface area contributed by atoms with Crippen LogP contribution in [0.5, 0.6) is 0 Å². The van der Waals surface area contributed by atoms with Gasteiger partial charge in [-0.3, -0.25) is 0 Å². The van der Waals surface area contributed by atoms with Gasteiger partial charge in [-0.2, -0.15) is 0 Å². The van der Waals surface area contributed by atoms with E-state index in [9.17, 15) is 0 Å². The lowest BCUT2D eigenvalue weighted by Crippen LogP contribution is -2.18. The molecule has 1 aliphatic rings. The Kier molecular flexibility index (Phi) is 3.24. The summed E-state index contributed by atoms with van der Waals surface area (Å²) in [4.78, 5) is 0.513. The minimum absolute atomic E-state index is 0.286. The second-order valence-corrected chi connectivity index (χ2v) is 5.39. The van der Waals surface area contributed by atoms with Crippen LogP contribution < -0.4 is 0 Å². The Labute approximate surface area is 93.6 Å². The highest BCUT2D eigenvalue weighted by Gasteiger charge is 2.21. The second kappa shape index (κ2) is 4.45. The molecule has 2 unspecified atom stereocenters. The van der Waals surface area contributed by atoms with E-state index in [4.69, 9.17) is 4.74 Å². The standard InChI is InChI=1S/C12H15BrO/c1-9(13)8-12-11-5-3-2-4-10(11)6-7-14-12/h2-5,9,12H,6-8H2,1H3. The zero-order chi connectivity index (χ0) is 9.97. The molecule has 0 radical (unpaired) electrons. The minimum Gasteiger partial charge on any atom is -0.373 e. The maximum absolute atomic E-state index is 5.79. The summed E-state index contributed by atoms with van der Waals surface area (Å²) >= 11 is 3.58. The van der Waals surface area contributed by atoms with Crippen LogP contribution in [0.2, 0.25) is 0 Å². The normalized spacial score (nSPS) is 22.9. The predicted molar refractivity (Wildman–Crippen MR) is 61.8 cm³/mol. The van der Waals surface area contributed by atoms with E-state index in [-0.39, 0.29) is 6.10 Å². The topological polar surface area (TPSA) is 9.23 Å². The maximum atomic E-state index is 5.79. The van der Waals surface area contributed by atoms with Gasteiger partial charge in [0.2, 0.25) is 0 Å². The third-order valence-electron chi connectivity index (χ3n) is 2.63. The fourth-order valence-electron chi connectivity index (χ4n) is 1.97. The summed E-state index contributed by atoms with van der Waals surface area (Å²) in [6.45, 7) is 3.03. The van der Waals surface area contributed by atoms with Crippen molar-refractivity contribution in [2.24, 2.45) is 0 Å². The van der Waals surface area contributed by atoms with Crippen molar-refractivity contribution in [2.45, 2.75) is 30.7 Å². The second-order valence-electron chi connectivity index (χ2n) is 3.82. The van der Waals surface area contributed by atoms with Crippen LogP contribution in [-0.2, 0) is 11.2 Å². The first-order chi connectivity index (χ1) is 6.77. The van der Waals surface area contributed by atoms with Crippen LogP contribution in [0.1, 0.15) is 30.6 Å². The van der Waals surface area contributed by atoms with Gasteiger partial charge in [-0.05, 0) is 24.0 Å². The van der Waals surface area contributed by atoms with Crippen LogP contribution in [-0.4, -0.2) is 11.4 Å². The molecule has 0 aromatic heterocycles. The lowest BCUT2D eigenvalue weighted by molar-refractivity contribution is 0.0374. The number of alkyl halides is 1. The average Bonchev–Trinajstić information content (AvgIpc) is 2.18. The van der Waals surface area contributed by atoms with Gasteiger partial charge in [-0.15, -0.1) is 0 Å². The van der Waals surface area contributed by atoms with Gasteiger partial charge in [0.25, 0.3) is 0 Å². The summed E-state index contributed by atoms with van der Waals surface area (Å²) in [5.41, 5.74) is 2.84. The molecule has 2 atom stereocenters. The summed E-state index contributed by atoms with van der Waals surface area (Å²) in [7, 11) is 0. The molecule has 0 saturated carbocycles. The quantitative estimate of drug-likeness (QED) is 0.735. The average molecular weight is 255 g/mol. The zero-order valence-electron chi connectivity index (χ0n) is 8.37. The van der Waals surface area contributed by atoms with E-state index in [1.165, 1.54) is 11.1 Å². The Hall–Kier alpha value is -0.340. The van der Waals surface area contributed by atoms with E-state index < -0.39 is 0 Å². The van der Waals surface area contributed by atoms with E-state index in [1.807, 2.05) is 0 Å². The summed E-state index contributed by atoms with van der Waals surface area (Å²) in [5.74, 6) is 0. The van der Waals surface area contributed by atoms with Crippen LogP contribution >= 0.6 is 15.9 Å². The molecule has 1 aromatic rings.